The SMILES string of the molecule is CCN(CC(=O)O)C1CCN(Cc2ccc(F)c(Cl)c2)CC1. The number of aliphatic carboxylic acids is 1. The molecule has 1 aliphatic rings. The predicted molar refractivity (Wildman–Crippen MR) is 84.6 cm³/mol. The molecule has 22 heavy (non-hydrogen) atoms. The fourth-order valence-electron chi connectivity index (χ4n) is 3.01. The predicted octanol–water partition coefficient (Wildman–Crippen LogP) is 2.85. The highest BCUT2D eigenvalue weighted by molar-refractivity contribution is 6.30. The Morgan fingerprint density at radius 1 is 1.45 bits per heavy atom. The summed E-state index contributed by atoms with van der Waals surface area (Å²) in [5.74, 6) is -1.17. The minimum atomic E-state index is -0.773. The van der Waals surface area contributed by atoms with Crippen molar-refractivity contribution in [1.29, 1.82) is 0 Å². The number of benzene rings is 1. The van der Waals surface area contributed by atoms with Crippen LogP contribution in [0.1, 0.15) is 25.3 Å². The molecule has 0 amide bonds. The molecule has 0 saturated carbocycles. The van der Waals surface area contributed by atoms with Gasteiger partial charge in [0.15, 0.2) is 0 Å². The molecule has 0 unspecified atom stereocenters. The van der Waals surface area contributed by atoms with Crippen LogP contribution in [0.4, 0.5) is 4.39 Å². The van der Waals surface area contributed by atoms with Gasteiger partial charge in [-0.2, -0.15) is 0 Å². The van der Waals surface area contributed by atoms with Gasteiger partial charge in [-0.05, 0) is 50.2 Å². The van der Waals surface area contributed by atoms with Crippen molar-refractivity contribution in [3.8, 4) is 0 Å². The maximum Gasteiger partial charge on any atom is 0.317 e. The zero-order chi connectivity index (χ0) is 16.1. The number of rotatable bonds is 6. The Kier molecular flexibility index (Phi) is 6.17. The Hall–Kier alpha value is -1.17. The van der Waals surface area contributed by atoms with Gasteiger partial charge in [0.2, 0.25) is 0 Å². The van der Waals surface area contributed by atoms with E-state index in [1.807, 2.05) is 11.8 Å². The number of likely N-dealkylation sites (N-methyl/N-ethyl adjacent to an activating group) is 1. The summed E-state index contributed by atoms with van der Waals surface area (Å²) >= 11 is 5.81. The van der Waals surface area contributed by atoms with Gasteiger partial charge in [0, 0.05) is 12.6 Å². The molecule has 6 heteroatoms. The maximum absolute atomic E-state index is 13.2. The van der Waals surface area contributed by atoms with Crippen LogP contribution >= 0.6 is 11.6 Å². The third-order valence-electron chi connectivity index (χ3n) is 4.21. The molecule has 1 N–H and O–H groups in total. The van der Waals surface area contributed by atoms with Crippen LogP contribution in [0.5, 0.6) is 0 Å². The van der Waals surface area contributed by atoms with Crippen molar-refractivity contribution in [1.82, 2.24) is 9.80 Å². The van der Waals surface area contributed by atoms with Crippen molar-refractivity contribution in [2.75, 3.05) is 26.2 Å². The van der Waals surface area contributed by atoms with Gasteiger partial charge in [0.1, 0.15) is 5.82 Å². The van der Waals surface area contributed by atoms with Gasteiger partial charge in [-0.15, -0.1) is 0 Å². The van der Waals surface area contributed by atoms with E-state index in [4.69, 9.17) is 16.7 Å². The van der Waals surface area contributed by atoms with Crippen LogP contribution in [0.3, 0.4) is 0 Å². The molecule has 0 spiro atoms. The molecule has 0 atom stereocenters. The first kappa shape index (κ1) is 17.2. The Bertz CT molecular complexity index is 519. The number of halogens is 2. The van der Waals surface area contributed by atoms with Crippen molar-refractivity contribution in [2.45, 2.75) is 32.4 Å². The Labute approximate surface area is 135 Å². The van der Waals surface area contributed by atoms with E-state index >= 15 is 0 Å². The third kappa shape index (κ3) is 4.66. The Balaban J connectivity index is 1.86. The lowest BCUT2D eigenvalue weighted by molar-refractivity contribution is -0.139. The van der Waals surface area contributed by atoms with Crippen molar-refractivity contribution in [3.63, 3.8) is 0 Å². The van der Waals surface area contributed by atoms with E-state index in [2.05, 4.69) is 4.90 Å². The van der Waals surface area contributed by atoms with E-state index in [0.717, 1.165) is 44.6 Å². The van der Waals surface area contributed by atoms with Crippen molar-refractivity contribution in [2.24, 2.45) is 0 Å². The van der Waals surface area contributed by atoms with E-state index in [9.17, 15) is 9.18 Å². The van der Waals surface area contributed by atoms with Crippen LogP contribution in [0.15, 0.2) is 18.2 Å². The highest BCUT2D eigenvalue weighted by atomic mass is 35.5. The lowest BCUT2D eigenvalue weighted by atomic mass is 10.0. The minimum absolute atomic E-state index is 0.106. The first-order valence-corrected chi connectivity index (χ1v) is 7.99. The van der Waals surface area contributed by atoms with Gasteiger partial charge in [0.05, 0.1) is 11.6 Å². The second-order valence-electron chi connectivity index (χ2n) is 5.71. The molecule has 0 aliphatic carbocycles. The summed E-state index contributed by atoms with van der Waals surface area (Å²) in [7, 11) is 0. The number of carboxylic acid groups (broad SMARTS) is 1. The van der Waals surface area contributed by atoms with Crippen molar-refractivity contribution >= 4 is 17.6 Å². The van der Waals surface area contributed by atoms with Crippen molar-refractivity contribution in [3.05, 3.63) is 34.6 Å². The first-order chi connectivity index (χ1) is 10.5. The second kappa shape index (κ2) is 7.90. The maximum atomic E-state index is 13.2. The van der Waals surface area contributed by atoms with Gasteiger partial charge >= 0.3 is 5.97 Å². The number of hydrogen-bond donors (Lipinski definition) is 1. The molecule has 1 aromatic rings. The molecular weight excluding hydrogens is 307 g/mol. The molecule has 1 saturated heterocycles. The lowest BCUT2D eigenvalue weighted by Gasteiger charge is -2.37. The van der Waals surface area contributed by atoms with Crippen LogP contribution in [0, 0.1) is 5.82 Å². The normalized spacial score (nSPS) is 17.1. The van der Waals surface area contributed by atoms with Gasteiger partial charge in [-0.3, -0.25) is 14.6 Å². The average molecular weight is 329 g/mol. The zero-order valence-electron chi connectivity index (χ0n) is 12.8. The number of carboxylic acids is 1. The molecule has 1 fully saturated rings. The Morgan fingerprint density at radius 3 is 2.68 bits per heavy atom. The van der Waals surface area contributed by atoms with E-state index < -0.39 is 11.8 Å². The highest BCUT2D eigenvalue weighted by Crippen LogP contribution is 2.21. The lowest BCUT2D eigenvalue weighted by Crippen LogP contribution is -2.46. The summed E-state index contributed by atoms with van der Waals surface area (Å²) in [5, 5.41) is 9.10. The largest absolute Gasteiger partial charge is 0.480 e. The molecule has 1 aliphatic heterocycles. The van der Waals surface area contributed by atoms with Gasteiger partial charge in [-0.1, -0.05) is 24.6 Å². The number of nitrogens with zero attached hydrogens (tertiary/aromatic N) is 2. The number of piperidine rings is 1. The summed E-state index contributed by atoms with van der Waals surface area (Å²) in [5.41, 5.74) is 1.00. The monoisotopic (exact) mass is 328 g/mol. The fourth-order valence-corrected chi connectivity index (χ4v) is 3.21. The van der Waals surface area contributed by atoms with E-state index in [1.165, 1.54) is 6.07 Å². The standard InChI is InChI=1S/C16H22ClFN2O2/c1-2-20(11-16(21)22)13-5-7-19(8-6-13)10-12-3-4-15(18)14(17)9-12/h3-4,9,13H,2,5-8,10-11H2,1H3,(H,21,22). The molecule has 122 valence electrons. The summed E-state index contributed by atoms with van der Waals surface area (Å²) in [4.78, 5) is 15.2. The summed E-state index contributed by atoms with van der Waals surface area (Å²) in [6, 6.07) is 5.16. The van der Waals surface area contributed by atoms with Gasteiger partial charge in [0.25, 0.3) is 0 Å². The molecule has 1 heterocycles. The van der Waals surface area contributed by atoms with E-state index in [1.54, 1.807) is 12.1 Å². The smallest absolute Gasteiger partial charge is 0.317 e. The van der Waals surface area contributed by atoms with Crippen LogP contribution in [-0.2, 0) is 11.3 Å². The van der Waals surface area contributed by atoms with Crippen molar-refractivity contribution < 1.29 is 14.3 Å². The van der Waals surface area contributed by atoms with Gasteiger partial charge in [-0.25, -0.2) is 4.39 Å². The van der Waals surface area contributed by atoms with Crippen LogP contribution in [-0.4, -0.2) is 53.1 Å². The highest BCUT2D eigenvalue weighted by Gasteiger charge is 2.25. The second-order valence-corrected chi connectivity index (χ2v) is 6.12. The quantitative estimate of drug-likeness (QED) is 0.872. The molecule has 0 bridgehead atoms. The van der Waals surface area contributed by atoms with Crippen LogP contribution < -0.4 is 0 Å². The molecule has 0 aromatic heterocycles. The van der Waals surface area contributed by atoms with Gasteiger partial charge < -0.3 is 5.11 Å². The van der Waals surface area contributed by atoms with E-state index in [0.29, 0.717) is 6.04 Å². The number of carbonyl (C=O) groups is 1. The topological polar surface area (TPSA) is 43.8 Å². The molecule has 4 nitrogen and oxygen atoms in total. The molecule has 1 aromatic carbocycles. The number of likely N-dealkylation sites (tertiary alicyclic amines) is 1. The van der Waals surface area contributed by atoms with Crippen LogP contribution in [0.25, 0.3) is 0 Å². The summed E-state index contributed by atoms with van der Waals surface area (Å²) < 4.78 is 13.2. The molecular formula is C16H22ClFN2O2. The minimum Gasteiger partial charge on any atom is -0.480 e. The first-order valence-electron chi connectivity index (χ1n) is 7.61. The summed E-state index contributed by atoms with van der Waals surface area (Å²) in [6.07, 6.45) is 1.91. The summed E-state index contributed by atoms with van der Waals surface area (Å²) in [6.45, 7) is 5.43. The van der Waals surface area contributed by atoms with Crippen LogP contribution in [0.2, 0.25) is 5.02 Å². The number of hydrogen-bond acceptors (Lipinski definition) is 3. The zero-order valence-corrected chi connectivity index (χ0v) is 13.5. The molecule has 2 rings (SSSR count). The van der Waals surface area contributed by atoms with E-state index in [-0.39, 0.29) is 11.6 Å². The molecule has 0 radical (unpaired) electrons. The fraction of sp³-hybridized carbons (Fsp3) is 0.562. The third-order valence-corrected chi connectivity index (χ3v) is 4.50. The average Bonchev–Trinajstić information content (AvgIpc) is 2.49. The Morgan fingerprint density at radius 2 is 2.14 bits per heavy atom.